The average Bonchev–Trinajstić information content (AvgIpc) is 2.63. The normalized spacial score (nSPS) is 22.2. The maximum Gasteiger partial charge on any atom is 0.345 e. The molecule has 1 aromatic rings. The van der Waals surface area contributed by atoms with E-state index in [1.807, 2.05) is 0 Å². The molecule has 0 saturated carbocycles. The molecule has 0 aromatic carbocycles. The van der Waals surface area contributed by atoms with Crippen LogP contribution in [0.5, 0.6) is 0 Å². The third-order valence-corrected chi connectivity index (χ3v) is 2.74. The highest BCUT2D eigenvalue weighted by Gasteiger charge is 2.32. The molecule has 1 aromatic heterocycles. The Kier molecular flexibility index (Phi) is 1.77. The van der Waals surface area contributed by atoms with Crippen LogP contribution in [0.1, 0.15) is 10.9 Å². The molecule has 2 heterocycles. The number of amidine groups is 1. The number of hydrogen-bond donors (Lipinski definition) is 1. The molecular weight excluding hydrogens is 188 g/mol. The molecule has 2 N–H and O–H groups in total. The molecule has 0 spiro atoms. The fourth-order valence-electron chi connectivity index (χ4n) is 1.26. The third-order valence-electron chi connectivity index (χ3n) is 1.91. The van der Waals surface area contributed by atoms with E-state index in [0.717, 1.165) is 4.88 Å². The van der Waals surface area contributed by atoms with Crippen molar-refractivity contribution in [2.45, 2.75) is 6.04 Å². The number of urea groups is 1. The standard InChI is InChI=1S/C7H8N4OS/c1-11-5(4-2-9-3-13-4)6(8)10-7(11)12/h2-3,5H,1H3,(H2,8,10,12). The number of rotatable bonds is 1. The van der Waals surface area contributed by atoms with Gasteiger partial charge in [0, 0.05) is 13.2 Å². The van der Waals surface area contributed by atoms with Gasteiger partial charge in [-0.25, -0.2) is 4.79 Å². The molecule has 0 radical (unpaired) electrons. The van der Waals surface area contributed by atoms with Crippen LogP contribution >= 0.6 is 11.3 Å². The minimum atomic E-state index is -0.295. The van der Waals surface area contributed by atoms with Crippen LogP contribution in [0.15, 0.2) is 16.7 Å². The molecule has 6 heteroatoms. The molecule has 2 amide bonds. The van der Waals surface area contributed by atoms with E-state index in [9.17, 15) is 4.79 Å². The van der Waals surface area contributed by atoms with E-state index in [-0.39, 0.29) is 12.1 Å². The largest absolute Gasteiger partial charge is 0.385 e. The Morgan fingerprint density at radius 2 is 2.46 bits per heavy atom. The molecule has 1 aliphatic rings. The van der Waals surface area contributed by atoms with Crippen LogP contribution in [-0.2, 0) is 0 Å². The average molecular weight is 196 g/mol. The molecular formula is C7H8N4OS. The summed E-state index contributed by atoms with van der Waals surface area (Å²) in [6.45, 7) is 0. The SMILES string of the molecule is CN1C(=O)N=C(N)C1c1cncs1. The number of hydrogen-bond acceptors (Lipinski definition) is 4. The Hall–Kier alpha value is -1.43. The lowest BCUT2D eigenvalue weighted by Crippen LogP contribution is -2.29. The van der Waals surface area contributed by atoms with Crippen molar-refractivity contribution in [3.8, 4) is 0 Å². The number of aromatic nitrogens is 1. The van der Waals surface area contributed by atoms with Gasteiger partial charge in [0.05, 0.1) is 10.4 Å². The van der Waals surface area contributed by atoms with Crippen molar-refractivity contribution in [3.63, 3.8) is 0 Å². The second kappa shape index (κ2) is 2.81. The van der Waals surface area contributed by atoms with Crippen molar-refractivity contribution in [1.29, 1.82) is 0 Å². The first kappa shape index (κ1) is 8.18. The van der Waals surface area contributed by atoms with Crippen LogP contribution in [0.2, 0.25) is 0 Å². The van der Waals surface area contributed by atoms with Gasteiger partial charge in [0.1, 0.15) is 11.9 Å². The maximum atomic E-state index is 11.1. The zero-order valence-corrected chi connectivity index (χ0v) is 7.78. The minimum Gasteiger partial charge on any atom is -0.385 e. The van der Waals surface area contributed by atoms with Gasteiger partial charge in [-0.1, -0.05) is 0 Å². The fraction of sp³-hybridized carbons (Fsp3) is 0.286. The second-order valence-electron chi connectivity index (χ2n) is 2.74. The van der Waals surface area contributed by atoms with Gasteiger partial charge in [0.15, 0.2) is 0 Å². The van der Waals surface area contributed by atoms with E-state index < -0.39 is 0 Å². The molecule has 1 unspecified atom stereocenters. The van der Waals surface area contributed by atoms with Gasteiger partial charge in [-0.3, -0.25) is 4.98 Å². The van der Waals surface area contributed by atoms with E-state index in [2.05, 4.69) is 9.98 Å². The molecule has 0 aliphatic carbocycles. The smallest absolute Gasteiger partial charge is 0.345 e. The number of amides is 2. The van der Waals surface area contributed by atoms with E-state index in [4.69, 9.17) is 5.73 Å². The molecule has 0 fully saturated rings. The Balaban J connectivity index is 2.36. The number of aliphatic imine (C=N–C) groups is 1. The van der Waals surface area contributed by atoms with Gasteiger partial charge in [0.25, 0.3) is 0 Å². The van der Waals surface area contributed by atoms with Crippen molar-refractivity contribution < 1.29 is 4.79 Å². The van der Waals surface area contributed by atoms with Gasteiger partial charge < -0.3 is 10.6 Å². The number of nitrogens with zero attached hydrogens (tertiary/aromatic N) is 3. The van der Waals surface area contributed by atoms with Gasteiger partial charge in [-0.05, 0) is 0 Å². The lowest BCUT2D eigenvalue weighted by Gasteiger charge is -2.16. The Bertz CT molecular complexity index is 359. The Morgan fingerprint density at radius 3 is 2.92 bits per heavy atom. The van der Waals surface area contributed by atoms with Crippen LogP contribution < -0.4 is 5.73 Å². The van der Waals surface area contributed by atoms with E-state index in [0.29, 0.717) is 5.84 Å². The highest BCUT2D eigenvalue weighted by molar-refractivity contribution is 7.09. The molecule has 5 nitrogen and oxygen atoms in total. The van der Waals surface area contributed by atoms with E-state index >= 15 is 0 Å². The number of carbonyl (C=O) groups excluding carboxylic acids is 1. The van der Waals surface area contributed by atoms with Crippen LogP contribution in [0.4, 0.5) is 4.79 Å². The number of nitrogens with two attached hydrogens (primary N) is 1. The van der Waals surface area contributed by atoms with Crippen molar-refractivity contribution in [1.82, 2.24) is 9.88 Å². The first-order chi connectivity index (χ1) is 6.20. The predicted molar refractivity (Wildman–Crippen MR) is 49.6 cm³/mol. The zero-order chi connectivity index (χ0) is 9.42. The maximum absolute atomic E-state index is 11.1. The summed E-state index contributed by atoms with van der Waals surface area (Å²) < 4.78 is 0. The van der Waals surface area contributed by atoms with Crippen LogP contribution in [-0.4, -0.2) is 28.8 Å². The van der Waals surface area contributed by atoms with Crippen LogP contribution in [0.25, 0.3) is 0 Å². The quantitative estimate of drug-likeness (QED) is 0.715. The third kappa shape index (κ3) is 1.19. The zero-order valence-electron chi connectivity index (χ0n) is 6.97. The molecule has 2 rings (SSSR count). The molecule has 1 atom stereocenters. The monoisotopic (exact) mass is 196 g/mol. The van der Waals surface area contributed by atoms with Crippen molar-refractivity contribution in [2.24, 2.45) is 10.7 Å². The summed E-state index contributed by atoms with van der Waals surface area (Å²) in [6, 6.07) is -0.518. The highest BCUT2D eigenvalue weighted by Crippen LogP contribution is 2.27. The second-order valence-corrected chi connectivity index (χ2v) is 3.65. The van der Waals surface area contributed by atoms with Gasteiger partial charge in [-0.15, -0.1) is 11.3 Å². The summed E-state index contributed by atoms with van der Waals surface area (Å²) in [6.07, 6.45) is 1.70. The van der Waals surface area contributed by atoms with Crippen molar-refractivity contribution in [3.05, 3.63) is 16.6 Å². The van der Waals surface area contributed by atoms with Crippen LogP contribution in [0.3, 0.4) is 0 Å². The number of likely N-dealkylation sites (N-methyl/N-ethyl adjacent to an activating group) is 1. The fourth-order valence-corrected chi connectivity index (χ4v) is 2.03. The van der Waals surface area contributed by atoms with Crippen molar-refractivity contribution in [2.75, 3.05) is 7.05 Å². The molecule has 1 aliphatic heterocycles. The summed E-state index contributed by atoms with van der Waals surface area (Å²) in [7, 11) is 1.68. The van der Waals surface area contributed by atoms with Crippen LogP contribution in [0, 0.1) is 0 Å². The first-order valence-electron chi connectivity index (χ1n) is 3.69. The molecule has 13 heavy (non-hydrogen) atoms. The topological polar surface area (TPSA) is 71.6 Å². The van der Waals surface area contributed by atoms with Gasteiger partial charge in [0.2, 0.25) is 0 Å². The summed E-state index contributed by atoms with van der Waals surface area (Å²) in [5.74, 6) is 0.344. The molecule has 0 bridgehead atoms. The first-order valence-corrected chi connectivity index (χ1v) is 4.57. The van der Waals surface area contributed by atoms with Crippen molar-refractivity contribution >= 4 is 23.2 Å². The Labute approximate surface area is 78.9 Å². The predicted octanol–water partition coefficient (Wildman–Crippen LogP) is 0.607. The molecule has 0 saturated heterocycles. The summed E-state index contributed by atoms with van der Waals surface area (Å²) in [5, 5.41) is 0. The number of thiazole rings is 1. The molecule has 68 valence electrons. The number of carbonyl (C=O) groups is 1. The van der Waals surface area contributed by atoms with E-state index in [1.54, 1.807) is 18.8 Å². The van der Waals surface area contributed by atoms with E-state index in [1.165, 1.54) is 16.2 Å². The lowest BCUT2D eigenvalue weighted by molar-refractivity contribution is 0.219. The summed E-state index contributed by atoms with van der Waals surface area (Å²) in [4.78, 5) is 21.2. The minimum absolute atomic E-state index is 0.222. The van der Waals surface area contributed by atoms with Gasteiger partial charge in [-0.2, -0.15) is 4.99 Å². The Morgan fingerprint density at radius 1 is 1.69 bits per heavy atom. The summed E-state index contributed by atoms with van der Waals surface area (Å²) in [5.41, 5.74) is 7.32. The lowest BCUT2D eigenvalue weighted by atomic mass is 10.2. The highest BCUT2D eigenvalue weighted by atomic mass is 32.1. The summed E-state index contributed by atoms with van der Waals surface area (Å²) >= 11 is 1.46. The van der Waals surface area contributed by atoms with Gasteiger partial charge >= 0.3 is 6.03 Å².